The zero-order chi connectivity index (χ0) is 16.4. The zero-order valence-corrected chi connectivity index (χ0v) is 14.1. The molecule has 2 N–H and O–H groups in total. The maximum atomic E-state index is 4.76. The summed E-state index contributed by atoms with van der Waals surface area (Å²) in [6.45, 7) is 7.16. The number of nitrogens with one attached hydrogen (secondary N) is 2. The second-order valence-electron chi connectivity index (χ2n) is 6.30. The average molecular weight is 309 g/mol. The highest BCUT2D eigenvalue weighted by molar-refractivity contribution is 5.69. The average Bonchev–Trinajstić information content (AvgIpc) is 2.47. The molecule has 3 rings (SSSR count). The number of hydrogen-bond donors (Lipinski definition) is 2. The maximum Gasteiger partial charge on any atom is 0.134 e. The minimum absolute atomic E-state index is 0.329. The number of hydrogen-bond acceptors (Lipinski definition) is 5. The predicted octanol–water partition coefficient (Wildman–Crippen LogP) is 3.77. The molecule has 0 amide bonds. The Balaban J connectivity index is 1.97. The van der Waals surface area contributed by atoms with Gasteiger partial charge in [-0.1, -0.05) is 0 Å². The molecular formula is C18H23N5. The molecule has 0 aromatic carbocycles. The van der Waals surface area contributed by atoms with Crippen LogP contribution in [0, 0.1) is 6.92 Å². The Labute approximate surface area is 137 Å². The lowest BCUT2D eigenvalue weighted by Gasteiger charge is -2.25. The van der Waals surface area contributed by atoms with Crippen molar-refractivity contribution >= 4 is 23.5 Å². The lowest BCUT2D eigenvalue weighted by Crippen LogP contribution is -2.20. The first-order valence-corrected chi connectivity index (χ1v) is 7.90. The quantitative estimate of drug-likeness (QED) is 0.900. The number of fused-ring (bicyclic) bond motifs is 1. The molecule has 0 saturated carbocycles. The molecule has 0 radical (unpaired) electrons. The Morgan fingerprint density at radius 3 is 2.78 bits per heavy atom. The number of rotatable bonds is 4. The Kier molecular flexibility index (Phi) is 4.19. The van der Waals surface area contributed by atoms with Crippen molar-refractivity contribution in [1.82, 2.24) is 14.9 Å². The molecular weight excluding hydrogens is 286 g/mol. The first-order chi connectivity index (χ1) is 11.0. The molecule has 0 fully saturated rings. The van der Waals surface area contributed by atoms with Crippen LogP contribution in [0.15, 0.2) is 30.6 Å². The molecule has 0 unspecified atom stereocenters. The van der Waals surface area contributed by atoms with Crippen molar-refractivity contribution in [3.8, 4) is 0 Å². The number of pyridine rings is 2. The van der Waals surface area contributed by atoms with Crippen LogP contribution in [-0.4, -0.2) is 28.0 Å². The van der Waals surface area contributed by atoms with Gasteiger partial charge in [-0.25, -0.2) is 9.97 Å². The van der Waals surface area contributed by atoms with E-state index < -0.39 is 0 Å². The molecule has 23 heavy (non-hydrogen) atoms. The Morgan fingerprint density at radius 2 is 2.04 bits per heavy atom. The van der Waals surface area contributed by atoms with Crippen molar-refractivity contribution in [3.05, 3.63) is 47.3 Å². The van der Waals surface area contributed by atoms with Gasteiger partial charge in [0.25, 0.3) is 0 Å². The fourth-order valence-corrected chi connectivity index (χ4v) is 2.61. The summed E-state index contributed by atoms with van der Waals surface area (Å²) >= 11 is 0. The summed E-state index contributed by atoms with van der Waals surface area (Å²) in [6, 6.07) is 6.40. The highest BCUT2D eigenvalue weighted by atomic mass is 15.1. The maximum absolute atomic E-state index is 4.76. The van der Waals surface area contributed by atoms with Crippen LogP contribution >= 0.6 is 0 Å². The van der Waals surface area contributed by atoms with Gasteiger partial charge in [-0.3, -0.25) is 0 Å². The molecule has 0 aliphatic carbocycles. The summed E-state index contributed by atoms with van der Waals surface area (Å²) in [5, 5.41) is 6.77. The summed E-state index contributed by atoms with van der Waals surface area (Å²) < 4.78 is 0. The molecule has 2 aromatic heterocycles. The van der Waals surface area contributed by atoms with Crippen LogP contribution < -0.4 is 10.6 Å². The van der Waals surface area contributed by atoms with Gasteiger partial charge in [0.05, 0.1) is 0 Å². The van der Waals surface area contributed by atoms with Gasteiger partial charge in [0.1, 0.15) is 17.5 Å². The van der Waals surface area contributed by atoms with Crippen molar-refractivity contribution in [2.24, 2.45) is 0 Å². The van der Waals surface area contributed by atoms with Crippen LogP contribution in [-0.2, 0) is 6.54 Å². The van der Waals surface area contributed by atoms with Crippen LogP contribution in [0.2, 0.25) is 0 Å². The summed E-state index contributed by atoms with van der Waals surface area (Å²) in [6.07, 6.45) is 6.02. The molecule has 120 valence electrons. The van der Waals surface area contributed by atoms with Gasteiger partial charge < -0.3 is 15.5 Å². The SMILES string of the molecule is Cc1ccnc(Nc2cc3c(c(NC(C)C)n2)CN(C)C=C3)c1. The Bertz CT molecular complexity index is 736. The Hall–Kier alpha value is -2.56. The van der Waals surface area contributed by atoms with Gasteiger partial charge in [-0.15, -0.1) is 0 Å². The monoisotopic (exact) mass is 309 g/mol. The van der Waals surface area contributed by atoms with Gasteiger partial charge in [-0.05, 0) is 62.4 Å². The van der Waals surface area contributed by atoms with Crippen molar-refractivity contribution in [1.29, 1.82) is 0 Å². The van der Waals surface area contributed by atoms with Crippen molar-refractivity contribution in [2.45, 2.75) is 33.4 Å². The lowest BCUT2D eigenvalue weighted by atomic mass is 10.1. The van der Waals surface area contributed by atoms with Gasteiger partial charge in [-0.2, -0.15) is 0 Å². The summed E-state index contributed by atoms with van der Waals surface area (Å²) in [5.41, 5.74) is 3.59. The molecule has 0 saturated heterocycles. The van der Waals surface area contributed by atoms with Crippen molar-refractivity contribution in [2.75, 3.05) is 17.7 Å². The van der Waals surface area contributed by atoms with E-state index >= 15 is 0 Å². The molecule has 1 aliphatic heterocycles. The highest BCUT2D eigenvalue weighted by Crippen LogP contribution is 2.29. The molecule has 1 aliphatic rings. The molecule has 0 atom stereocenters. The first kappa shape index (κ1) is 15.3. The van der Waals surface area contributed by atoms with Crippen LogP contribution in [0.3, 0.4) is 0 Å². The van der Waals surface area contributed by atoms with Gasteiger partial charge in [0, 0.05) is 31.4 Å². The second kappa shape index (κ2) is 6.28. The van der Waals surface area contributed by atoms with Gasteiger partial charge in [0.2, 0.25) is 0 Å². The van der Waals surface area contributed by atoms with E-state index in [9.17, 15) is 0 Å². The fourth-order valence-electron chi connectivity index (χ4n) is 2.61. The smallest absolute Gasteiger partial charge is 0.134 e. The minimum atomic E-state index is 0.329. The van der Waals surface area contributed by atoms with E-state index in [1.54, 1.807) is 6.20 Å². The standard InChI is InChI=1S/C18H23N5/c1-12(2)20-18-15-11-23(4)8-6-14(15)10-17(22-18)21-16-9-13(3)5-7-19-16/h5-10,12H,11H2,1-4H3,(H2,19,20,21,22). The third-order valence-corrected chi connectivity index (χ3v) is 3.67. The molecule has 2 aromatic rings. The van der Waals surface area contributed by atoms with E-state index in [-0.39, 0.29) is 0 Å². The summed E-state index contributed by atoms with van der Waals surface area (Å²) in [4.78, 5) is 11.3. The first-order valence-electron chi connectivity index (χ1n) is 7.90. The zero-order valence-electron chi connectivity index (χ0n) is 14.1. The Morgan fingerprint density at radius 1 is 1.22 bits per heavy atom. The fraction of sp³-hybridized carbons (Fsp3) is 0.333. The van der Waals surface area contributed by atoms with Crippen molar-refractivity contribution in [3.63, 3.8) is 0 Å². The molecule has 0 bridgehead atoms. The van der Waals surface area contributed by atoms with E-state index in [1.807, 2.05) is 12.1 Å². The number of nitrogens with zero attached hydrogens (tertiary/aromatic N) is 3. The molecule has 5 heteroatoms. The third-order valence-electron chi connectivity index (χ3n) is 3.67. The lowest BCUT2D eigenvalue weighted by molar-refractivity contribution is 0.447. The van der Waals surface area contributed by atoms with Crippen LogP contribution in [0.5, 0.6) is 0 Å². The van der Waals surface area contributed by atoms with Gasteiger partial charge >= 0.3 is 0 Å². The molecule has 0 spiro atoms. The van der Waals surface area contributed by atoms with Crippen molar-refractivity contribution < 1.29 is 0 Å². The van der Waals surface area contributed by atoms with Crippen LogP contribution in [0.25, 0.3) is 6.08 Å². The highest BCUT2D eigenvalue weighted by Gasteiger charge is 2.16. The van der Waals surface area contributed by atoms with Crippen LogP contribution in [0.4, 0.5) is 17.5 Å². The van der Waals surface area contributed by atoms with E-state index in [0.29, 0.717) is 6.04 Å². The third kappa shape index (κ3) is 3.62. The number of aryl methyl sites for hydroxylation is 1. The minimum Gasteiger partial charge on any atom is -0.376 e. The molecule has 5 nitrogen and oxygen atoms in total. The largest absolute Gasteiger partial charge is 0.376 e. The summed E-state index contributed by atoms with van der Waals surface area (Å²) in [7, 11) is 2.07. The van der Waals surface area contributed by atoms with Crippen LogP contribution in [0.1, 0.15) is 30.5 Å². The predicted molar refractivity (Wildman–Crippen MR) is 95.8 cm³/mol. The number of anilines is 3. The second-order valence-corrected chi connectivity index (χ2v) is 6.30. The normalized spacial score (nSPS) is 13.2. The van der Waals surface area contributed by atoms with E-state index in [0.717, 1.165) is 24.0 Å². The summed E-state index contributed by atoms with van der Waals surface area (Å²) in [5.74, 6) is 2.55. The van der Waals surface area contributed by atoms with E-state index in [2.05, 4.69) is 66.7 Å². The molecule has 3 heterocycles. The van der Waals surface area contributed by atoms with E-state index in [1.165, 1.54) is 16.7 Å². The topological polar surface area (TPSA) is 53.1 Å². The van der Waals surface area contributed by atoms with E-state index in [4.69, 9.17) is 4.98 Å². The van der Waals surface area contributed by atoms with Gasteiger partial charge in [0.15, 0.2) is 0 Å². The number of aromatic nitrogens is 2.